The maximum atomic E-state index is 10.7. The molecule has 0 spiro atoms. The van der Waals surface area contributed by atoms with Gasteiger partial charge in [-0.1, -0.05) is 0 Å². The van der Waals surface area contributed by atoms with E-state index in [0.29, 0.717) is 6.54 Å². The van der Waals surface area contributed by atoms with Crippen LogP contribution in [0.4, 0.5) is 0 Å². The third-order valence-electron chi connectivity index (χ3n) is 0.658. The molecule has 0 bridgehead atoms. The molecule has 1 N–H and O–H groups in total. The van der Waals surface area contributed by atoms with Gasteiger partial charge in [-0.2, -0.15) is 0 Å². The second-order valence-electron chi connectivity index (χ2n) is 2.01. The first kappa shape index (κ1) is 8.96. The summed E-state index contributed by atoms with van der Waals surface area (Å²) in [6.45, 7) is 4.17. The van der Waals surface area contributed by atoms with Crippen LogP contribution in [0.15, 0.2) is 3.50 Å². The quantitative estimate of drug-likeness (QED) is 0.797. The predicted octanol–water partition coefficient (Wildman–Crippen LogP) is 0.241. The van der Waals surface area contributed by atoms with Crippen molar-refractivity contribution in [2.45, 2.75) is 19.9 Å². The molecule has 0 saturated heterocycles. The average Bonchev–Trinajstić information content (AvgIpc) is 1.63. The van der Waals surface area contributed by atoms with Crippen LogP contribution in [0.1, 0.15) is 13.8 Å². The van der Waals surface area contributed by atoms with E-state index in [1.807, 2.05) is 13.8 Å². The molecule has 3 nitrogen and oxygen atoms in total. The zero-order valence-corrected chi connectivity index (χ0v) is 8.48. The van der Waals surface area contributed by atoms with E-state index < -0.39 is 0 Å². The molecule has 0 rings (SSSR count). The van der Waals surface area contributed by atoms with E-state index >= 15 is 0 Å². The van der Waals surface area contributed by atoms with E-state index in [1.165, 1.54) is 0 Å². The molecule has 0 fully saturated rings. The minimum atomic E-state index is 0.0139. The van der Waals surface area contributed by atoms with Crippen molar-refractivity contribution in [1.82, 2.24) is 5.32 Å². The first-order valence-corrected chi connectivity index (χ1v) is 4.06. The summed E-state index contributed by atoms with van der Waals surface area (Å²) in [4.78, 5) is 10.7. The molecular weight excluding hydrogens is 288 g/mol. The summed E-state index contributed by atoms with van der Waals surface area (Å²) in [5.74, 6) is 0.0139. The molecule has 0 aliphatic carbocycles. The van der Waals surface area contributed by atoms with Crippen molar-refractivity contribution in [1.29, 1.82) is 0 Å². The summed E-state index contributed by atoms with van der Waals surface area (Å²) in [7, 11) is 0. The number of carbonyl (C=O) groups excluding carboxylic acids is 1. The SMILES string of the molecule is CC(C)NC(=O)C[N]=[W]. The second kappa shape index (κ2) is 4.80. The summed E-state index contributed by atoms with van der Waals surface area (Å²) in [5.41, 5.74) is 0. The van der Waals surface area contributed by atoms with Crippen LogP contribution in [0.5, 0.6) is 0 Å². The summed E-state index contributed by atoms with van der Waals surface area (Å²) < 4.78 is 3.76. The van der Waals surface area contributed by atoms with Gasteiger partial charge in [0.1, 0.15) is 0 Å². The van der Waals surface area contributed by atoms with Gasteiger partial charge < -0.3 is 0 Å². The molecule has 0 radical (unpaired) electrons. The van der Waals surface area contributed by atoms with Gasteiger partial charge in [-0.3, -0.25) is 0 Å². The van der Waals surface area contributed by atoms with Crippen LogP contribution in [0.2, 0.25) is 0 Å². The molecule has 0 atom stereocenters. The number of hydrogen-bond donors (Lipinski definition) is 1. The number of nitrogens with zero attached hydrogens (tertiary/aromatic N) is 1. The fourth-order valence-electron chi connectivity index (χ4n) is 0.426. The summed E-state index contributed by atoms with van der Waals surface area (Å²) in [5, 5.41) is 2.72. The number of carbonyl (C=O) groups is 1. The average molecular weight is 298 g/mol. The third-order valence-corrected chi connectivity index (χ3v) is 1.12. The monoisotopic (exact) mass is 298 g/mol. The Bertz CT molecular complexity index is 114. The summed E-state index contributed by atoms with van der Waals surface area (Å²) in [6.07, 6.45) is 0. The van der Waals surface area contributed by atoms with Gasteiger partial charge in [0.2, 0.25) is 0 Å². The zero-order chi connectivity index (χ0) is 7.28. The number of nitrogens with one attached hydrogen (secondary N) is 1. The second-order valence-corrected chi connectivity index (χ2v) is 2.94. The van der Waals surface area contributed by atoms with E-state index in [2.05, 4.69) is 8.81 Å². The van der Waals surface area contributed by atoms with Gasteiger partial charge in [0.05, 0.1) is 0 Å². The van der Waals surface area contributed by atoms with Gasteiger partial charge in [0.25, 0.3) is 0 Å². The molecule has 0 aliphatic rings. The zero-order valence-electron chi connectivity index (χ0n) is 5.55. The van der Waals surface area contributed by atoms with Crippen LogP contribution < -0.4 is 5.32 Å². The minimum absolute atomic E-state index is 0.0139. The van der Waals surface area contributed by atoms with Gasteiger partial charge in [-0.15, -0.1) is 0 Å². The Balaban J connectivity index is 3.38. The Morgan fingerprint density at radius 3 is 2.67 bits per heavy atom. The van der Waals surface area contributed by atoms with Gasteiger partial charge in [0.15, 0.2) is 0 Å². The normalized spacial score (nSPS) is 9.22. The van der Waals surface area contributed by atoms with Crippen LogP contribution >= 0.6 is 0 Å². The van der Waals surface area contributed by atoms with E-state index in [1.54, 1.807) is 0 Å². The number of amides is 1. The standard InChI is InChI=1S/C5H10N2O.W/c1-4(2)7-5(8)3-6;/h4H,3H2,1-2H3,(H,7,8);. The Morgan fingerprint density at radius 1 is 1.78 bits per heavy atom. The molecule has 0 saturated carbocycles. The van der Waals surface area contributed by atoms with Crippen molar-refractivity contribution in [2.24, 2.45) is 3.50 Å². The number of rotatable bonds is 3. The first-order valence-electron chi connectivity index (χ1n) is 2.75. The van der Waals surface area contributed by atoms with Crippen LogP contribution in [-0.4, -0.2) is 18.5 Å². The maximum absolute atomic E-state index is 10.7. The molecule has 9 heavy (non-hydrogen) atoms. The molecule has 0 unspecified atom stereocenters. The fraction of sp³-hybridized carbons (Fsp3) is 0.800. The van der Waals surface area contributed by atoms with Crippen molar-refractivity contribution in [2.75, 3.05) is 6.54 Å². The number of hydrogen-bond acceptors (Lipinski definition) is 2. The van der Waals surface area contributed by atoms with E-state index in [0.717, 1.165) is 19.6 Å². The van der Waals surface area contributed by atoms with Crippen LogP contribution in [-0.2, 0) is 24.4 Å². The summed E-state index contributed by atoms with van der Waals surface area (Å²) >= 11 is 1.10. The van der Waals surface area contributed by atoms with E-state index in [9.17, 15) is 4.79 Å². The van der Waals surface area contributed by atoms with Crippen LogP contribution in [0.3, 0.4) is 0 Å². The van der Waals surface area contributed by atoms with Gasteiger partial charge in [0, 0.05) is 0 Å². The molecular formula is C5H10N2OW. The van der Waals surface area contributed by atoms with Crippen LogP contribution in [0, 0.1) is 0 Å². The Kier molecular flexibility index (Phi) is 4.78. The molecule has 0 aromatic rings. The topological polar surface area (TPSA) is 41.5 Å². The van der Waals surface area contributed by atoms with Gasteiger partial charge in [-0.25, -0.2) is 0 Å². The van der Waals surface area contributed by atoms with Crippen molar-refractivity contribution in [3.63, 3.8) is 0 Å². The fourth-order valence-corrected chi connectivity index (χ4v) is 0.848. The third kappa shape index (κ3) is 5.84. The van der Waals surface area contributed by atoms with E-state index in [-0.39, 0.29) is 11.9 Å². The van der Waals surface area contributed by atoms with Gasteiger partial charge in [-0.05, 0) is 0 Å². The molecule has 0 aromatic heterocycles. The molecule has 1 amide bonds. The van der Waals surface area contributed by atoms with E-state index in [4.69, 9.17) is 0 Å². The van der Waals surface area contributed by atoms with Crippen molar-refractivity contribution >= 4 is 5.91 Å². The molecule has 4 heteroatoms. The molecule has 0 aromatic carbocycles. The Labute approximate surface area is 66.0 Å². The van der Waals surface area contributed by atoms with Crippen molar-refractivity contribution in [3.8, 4) is 0 Å². The predicted molar refractivity (Wildman–Crippen MR) is 30.6 cm³/mol. The summed E-state index contributed by atoms with van der Waals surface area (Å²) in [6, 6.07) is 0.231. The molecule has 52 valence electrons. The van der Waals surface area contributed by atoms with Gasteiger partial charge >= 0.3 is 65.6 Å². The van der Waals surface area contributed by atoms with Crippen LogP contribution in [0.25, 0.3) is 0 Å². The first-order chi connectivity index (χ1) is 4.16. The Hall–Kier alpha value is -0.0417. The molecule has 0 aliphatic heterocycles. The molecule has 0 heterocycles. The Morgan fingerprint density at radius 2 is 2.33 bits per heavy atom. The van der Waals surface area contributed by atoms with Crippen molar-refractivity contribution < 1.29 is 24.4 Å². The van der Waals surface area contributed by atoms with Crippen molar-refractivity contribution in [3.05, 3.63) is 0 Å².